The molecule has 1 aromatic rings. The first-order valence-electron chi connectivity index (χ1n) is 5.49. The Morgan fingerprint density at radius 3 is 2.87 bits per heavy atom. The van der Waals surface area contributed by atoms with Crippen molar-refractivity contribution in [3.05, 3.63) is 5.89 Å². The van der Waals surface area contributed by atoms with E-state index in [4.69, 9.17) is 10.2 Å². The van der Waals surface area contributed by atoms with Gasteiger partial charge in [0.05, 0.1) is 0 Å². The first kappa shape index (κ1) is 10.4. The Morgan fingerprint density at radius 1 is 1.47 bits per heavy atom. The van der Waals surface area contributed by atoms with Crippen LogP contribution in [0, 0.1) is 5.92 Å². The maximum absolute atomic E-state index is 5.55. The molecule has 2 unspecified atom stereocenters. The van der Waals surface area contributed by atoms with Crippen molar-refractivity contribution < 1.29 is 4.42 Å². The van der Waals surface area contributed by atoms with Gasteiger partial charge in [-0.3, -0.25) is 0 Å². The zero-order valence-corrected chi connectivity index (χ0v) is 9.31. The molecule has 5 heteroatoms. The third kappa shape index (κ3) is 2.12. The molecule has 2 heterocycles. The second kappa shape index (κ2) is 4.18. The normalized spacial score (nSPS) is 26.2. The molecule has 84 valence electrons. The highest BCUT2D eigenvalue weighted by atomic mass is 16.4. The number of rotatable bonds is 3. The van der Waals surface area contributed by atoms with Crippen LogP contribution < -0.4 is 10.6 Å². The average molecular weight is 210 g/mol. The minimum absolute atomic E-state index is 0.492. The molecule has 0 aromatic carbocycles. The number of anilines is 1. The fourth-order valence-electron chi connectivity index (χ4n) is 2.15. The number of hydrogen-bond donors (Lipinski definition) is 1. The van der Waals surface area contributed by atoms with E-state index in [0.29, 0.717) is 36.8 Å². The van der Waals surface area contributed by atoms with Crippen LogP contribution in [0.25, 0.3) is 0 Å². The molecule has 1 aromatic heterocycles. The monoisotopic (exact) mass is 210 g/mol. The van der Waals surface area contributed by atoms with Crippen molar-refractivity contribution >= 4 is 6.01 Å². The predicted molar refractivity (Wildman–Crippen MR) is 57.6 cm³/mol. The van der Waals surface area contributed by atoms with Gasteiger partial charge in [-0.05, 0) is 19.3 Å². The van der Waals surface area contributed by atoms with Crippen molar-refractivity contribution in [1.29, 1.82) is 0 Å². The summed E-state index contributed by atoms with van der Waals surface area (Å²) in [4.78, 5) is 2.18. The third-order valence-corrected chi connectivity index (χ3v) is 2.84. The summed E-state index contributed by atoms with van der Waals surface area (Å²) in [5.74, 6) is 1.34. The molecule has 1 saturated heterocycles. The molecule has 0 radical (unpaired) electrons. The molecule has 0 aliphatic carbocycles. The fourth-order valence-corrected chi connectivity index (χ4v) is 2.15. The first-order chi connectivity index (χ1) is 7.20. The van der Waals surface area contributed by atoms with Gasteiger partial charge in [0.15, 0.2) is 0 Å². The van der Waals surface area contributed by atoms with Gasteiger partial charge in [0.1, 0.15) is 0 Å². The second-order valence-corrected chi connectivity index (χ2v) is 4.36. The van der Waals surface area contributed by atoms with Gasteiger partial charge in [-0.1, -0.05) is 12.0 Å². The van der Waals surface area contributed by atoms with Gasteiger partial charge in [-0.25, -0.2) is 0 Å². The summed E-state index contributed by atoms with van der Waals surface area (Å²) < 4.78 is 5.55. The van der Waals surface area contributed by atoms with E-state index in [9.17, 15) is 0 Å². The lowest BCUT2D eigenvalue weighted by Gasteiger charge is -2.17. The van der Waals surface area contributed by atoms with E-state index < -0.39 is 0 Å². The van der Waals surface area contributed by atoms with E-state index in [1.807, 2.05) is 0 Å². The minimum atomic E-state index is 0.492. The van der Waals surface area contributed by atoms with Gasteiger partial charge >= 0.3 is 6.01 Å². The Morgan fingerprint density at radius 2 is 2.27 bits per heavy atom. The van der Waals surface area contributed by atoms with Gasteiger partial charge in [0.2, 0.25) is 5.89 Å². The molecular formula is C10H18N4O. The number of nitrogens with zero attached hydrogens (tertiary/aromatic N) is 3. The molecule has 2 N–H and O–H groups in total. The molecule has 5 nitrogen and oxygen atoms in total. The van der Waals surface area contributed by atoms with E-state index in [-0.39, 0.29) is 0 Å². The molecule has 0 saturated carbocycles. The maximum Gasteiger partial charge on any atom is 0.318 e. The minimum Gasteiger partial charge on any atom is -0.408 e. The molecule has 0 amide bonds. The Balaban J connectivity index is 2.08. The van der Waals surface area contributed by atoms with Crippen LogP contribution in [0.5, 0.6) is 0 Å². The number of nitrogens with two attached hydrogens (primary N) is 1. The fraction of sp³-hybridized carbons (Fsp3) is 0.800. The largest absolute Gasteiger partial charge is 0.408 e. The van der Waals surface area contributed by atoms with Crippen LogP contribution >= 0.6 is 0 Å². The smallest absolute Gasteiger partial charge is 0.318 e. The lowest BCUT2D eigenvalue weighted by molar-refractivity contribution is 0.481. The van der Waals surface area contributed by atoms with Crippen LogP contribution in [0.2, 0.25) is 0 Å². The van der Waals surface area contributed by atoms with Gasteiger partial charge < -0.3 is 15.1 Å². The third-order valence-electron chi connectivity index (χ3n) is 2.84. The van der Waals surface area contributed by atoms with E-state index in [0.717, 1.165) is 6.54 Å². The van der Waals surface area contributed by atoms with Gasteiger partial charge in [-0.2, -0.15) is 0 Å². The standard InChI is InChI=1S/C10H18N4O/c1-7-5-8(2)14(6-7)10-13-12-9(15-10)3-4-11/h7-8H,3-6,11H2,1-2H3. The molecule has 1 aliphatic heterocycles. The number of hydrogen-bond acceptors (Lipinski definition) is 5. The summed E-state index contributed by atoms with van der Waals surface area (Å²) in [6.07, 6.45) is 1.85. The zero-order valence-electron chi connectivity index (χ0n) is 9.31. The summed E-state index contributed by atoms with van der Waals surface area (Å²) in [6.45, 7) is 5.99. The second-order valence-electron chi connectivity index (χ2n) is 4.36. The first-order valence-corrected chi connectivity index (χ1v) is 5.49. The van der Waals surface area contributed by atoms with Crippen molar-refractivity contribution in [3.63, 3.8) is 0 Å². The lowest BCUT2D eigenvalue weighted by Crippen LogP contribution is -2.26. The van der Waals surface area contributed by atoms with E-state index >= 15 is 0 Å². The SMILES string of the molecule is CC1CC(C)N(c2nnc(CCN)o2)C1. The van der Waals surface area contributed by atoms with Gasteiger partial charge in [-0.15, -0.1) is 5.10 Å². The lowest BCUT2D eigenvalue weighted by atomic mass is 10.1. The van der Waals surface area contributed by atoms with Crippen LogP contribution in [0.1, 0.15) is 26.2 Å². The van der Waals surface area contributed by atoms with Crippen molar-refractivity contribution in [1.82, 2.24) is 10.2 Å². The van der Waals surface area contributed by atoms with Crippen molar-refractivity contribution in [2.24, 2.45) is 11.7 Å². The van der Waals surface area contributed by atoms with E-state index in [1.165, 1.54) is 6.42 Å². The molecule has 0 bridgehead atoms. The highest BCUT2D eigenvalue weighted by Crippen LogP contribution is 2.27. The van der Waals surface area contributed by atoms with Crippen LogP contribution in [0.3, 0.4) is 0 Å². The van der Waals surface area contributed by atoms with Crippen LogP contribution in [-0.4, -0.2) is 29.3 Å². The summed E-state index contributed by atoms with van der Waals surface area (Å²) in [7, 11) is 0. The van der Waals surface area contributed by atoms with Crippen LogP contribution in [0.4, 0.5) is 6.01 Å². The van der Waals surface area contributed by atoms with E-state index in [2.05, 4.69) is 28.9 Å². The zero-order chi connectivity index (χ0) is 10.8. The molecule has 0 spiro atoms. The van der Waals surface area contributed by atoms with Crippen molar-refractivity contribution in [2.75, 3.05) is 18.0 Å². The Labute approximate surface area is 89.6 Å². The highest BCUT2D eigenvalue weighted by molar-refractivity contribution is 5.28. The molecular weight excluding hydrogens is 192 g/mol. The topological polar surface area (TPSA) is 68.2 Å². The number of aromatic nitrogens is 2. The molecule has 2 atom stereocenters. The summed E-state index contributed by atoms with van der Waals surface area (Å²) in [5, 5.41) is 8.03. The van der Waals surface area contributed by atoms with Crippen molar-refractivity contribution in [2.45, 2.75) is 32.7 Å². The Hall–Kier alpha value is -1.10. The van der Waals surface area contributed by atoms with Crippen LogP contribution in [0.15, 0.2) is 4.42 Å². The Kier molecular flexibility index (Phi) is 2.90. The summed E-state index contributed by atoms with van der Waals surface area (Å²) >= 11 is 0. The van der Waals surface area contributed by atoms with Crippen molar-refractivity contribution in [3.8, 4) is 0 Å². The molecule has 1 fully saturated rings. The van der Waals surface area contributed by atoms with Gasteiger partial charge in [0, 0.05) is 25.6 Å². The average Bonchev–Trinajstić information content (AvgIpc) is 2.73. The quantitative estimate of drug-likeness (QED) is 0.799. The van der Waals surface area contributed by atoms with Crippen LogP contribution in [-0.2, 0) is 6.42 Å². The Bertz CT molecular complexity index is 325. The molecule has 2 rings (SSSR count). The predicted octanol–water partition coefficient (Wildman–Crippen LogP) is 0.806. The highest BCUT2D eigenvalue weighted by Gasteiger charge is 2.29. The van der Waals surface area contributed by atoms with E-state index in [1.54, 1.807) is 0 Å². The summed E-state index contributed by atoms with van der Waals surface area (Å²) in [5.41, 5.74) is 5.43. The van der Waals surface area contributed by atoms with Gasteiger partial charge in [0.25, 0.3) is 0 Å². The summed E-state index contributed by atoms with van der Waals surface area (Å²) in [6, 6.07) is 1.14. The molecule has 15 heavy (non-hydrogen) atoms. The molecule has 1 aliphatic rings. The maximum atomic E-state index is 5.55.